The summed E-state index contributed by atoms with van der Waals surface area (Å²) in [5.41, 5.74) is 5.08. The van der Waals surface area contributed by atoms with Crippen LogP contribution in [0.25, 0.3) is 0 Å². The van der Waals surface area contributed by atoms with E-state index in [9.17, 15) is 4.79 Å². The highest BCUT2D eigenvalue weighted by atomic mass is 16.5. The molecule has 1 amide bonds. The van der Waals surface area contributed by atoms with E-state index in [0.717, 1.165) is 16.8 Å². The molecule has 0 aliphatic heterocycles. The normalized spacial score (nSPS) is 9.32. The zero-order chi connectivity index (χ0) is 15.6. The number of hydrogen-bond donors (Lipinski definition) is 3. The van der Waals surface area contributed by atoms with Crippen molar-refractivity contribution in [3.05, 3.63) is 65.7 Å². The Bertz CT molecular complexity index is 675. The van der Waals surface area contributed by atoms with Gasteiger partial charge < -0.3 is 15.5 Å². The molecule has 2 aromatic rings. The van der Waals surface area contributed by atoms with Crippen molar-refractivity contribution in [3.63, 3.8) is 0 Å². The maximum atomic E-state index is 11.5. The van der Waals surface area contributed by atoms with E-state index in [-0.39, 0.29) is 13.2 Å². The fraction of sp³-hybridized carbons (Fsp3) is 0.118. The van der Waals surface area contributed by atoms with E-state index in [1.165, 1.54) is 0 Å². The molecule has 0 spiro atoms. The number of hydrogen-bond acceptors (Lipinski definition) is 4. The number of alkyl carbamates (subject to hydrolysis) is 1. The van der Waals surface area contributed by atoms with Gasteiger partial charge in [-0.1, -0.05) is 48.2 Å². The van der Waals surface area contributed by atoms with Crippen LogP contribution >= 0.6 is 0 Å². The summed E-state index contributed by atoms with van der Waals surface area (Å²) in [5, 5.41) is 2.58. The smallest absolute Gasteiger partial charge is 0.408 e. The van der Waals surface area contributed by atoms with E-state index >= 15 is 0 Å². The van der Waals surface area contributed by atoms with Crippen molar-refractivity contribution in [2.24, 2.45) is 5.84 Å². The van der Waals surface area contributed by atoms with Gasteiger partial charge in [0, 0.05) is 11.3 Å². The van der Waals surface area contributed by atoms with Gasteiger partial charge in [0.05, 0.1) is 6.54 Å². The third-order valence-electron chi connectivity index (χ3n) is 2.80. The first-order valence-corrected chi connectivity index (χ1v) is 6.78. The lowest BCUT2D eigenvalue weighted by molar-refractivity contribution is 0.141. The van der Waals surface area contributed by atoms with E-state index in [2.05, 4.69) is 22.6 Å². The van der Waals surface area contributed by atoms with Gasteiger partial charge in [-0.15, -0.1) is 0 Å². The monoisotopic (exact) mass is 295 g/mol. The Kier molecular flexibility index (Phi) is 5.85. The molecule has 0 radical (unpaired) electrons. The summed E-state index contributed by atoms with van der Waals surface area (Å²) in [4.78, 5) is 11.5. The molecule has 4 N–H and O–H groups in total. The number of benzene rings is 2. The molecule has 0 unspecified atom stereocenters. The topological polar surface area (TPSA) is 76.4 Å². The number of carbonyl (C=O) groups is 1. The van der Waals surface area contributed by atoms with Gasteiger partial charge in [-0.3, -0.25) is 5.84 Å². The summed E-state index contributed by atoms with van der Waals surface area (Å²) in [5.74, 6) is 11.1. The Morgan fingerprint density at radius 2 is 1.95 bits per heavy atom. The minimum Gasteiger partial charge on any atom is -0.445 e. The largest absolute Gasteiger partial charge is 0.445 e. The Morgan fingerprint density at radius 3 is 2.73 bits per heavy atom. The van der Waals surface area contributed by atoms with Crippen molar-refractivity contribution in [3.8, 4) is 11.8 Å². The standard InChI is InChI=1S/C17H17N3O2/c18-20-16-10-4-8-14(12-16)9-5-11-19-17(21)22-13-15-6-2-1-3-7-15/h1-4,6-8,10,12,20H,11,13,18H2,(H,19,21). The van der Waals surface area contributed by atoms with Gasteiger partial charge in [-0.25, -0.2) is 4.79 Å². The van der Waals surface area contributed by atoms with Gasteiger partial charge in [-0.05, 0) is 23.8 Å². The van der Waals surface area contributed by atoms with Gasteiger partial charge in [0.15, 0.2) is 0 Å². The fourth-order valence-corrected chi connectivity index (χ4v) is 1.72. The van der Waals surface area contributed by atoms with E-state index in [0.29, 0.717) is 0 Å². The molecule has 2 rings (SSSR count). The summed E-state index contributed by atoms with van der Waals surface area (Å²) in [6, 6.07) is 16.9. The third-order valence-corrected chi connectivity index (χ3v) is 2.80. The number of nitrogens with one attached hydrogen (secondary N) is 2. The third kappa shape index (κ3) is 5.19. The van der Waals surface area contributed by atoms with Gasteiger partial charge >= 0.3 is 6.09 Å². The first-order valence-electron chi connectivity index (χ1n) is 6.78. The van der Waals surface area contributed by atoms with Crippen LogP contribution < -0.4 is 16.6 Å². The van der Waals surface area contributed by atoms with Crippen molar-refractivity contribution < 1.29 is 9.53 Å². The highest BCUT2D eigenvalue weighted by molar-refractivity contribution is 5.67. The highest BCUT2D eigenvalue weighted by Gasteiger charge is 2.00. The average Bonchev–Trinajstić information content (AvgIpc) is 2.58. The molecule has 0 bridgehead atoms. The zero-order valence-corrected chi connectivity index (χ0v) is 12.0. The second-order valence-electron chi connectivity index (χ2n) is 4.44. The van der Waals surface area contributed by atoms with Crippen molar-refractivity contribution in [2.45, 2.75) is 6.61 Å². The fourth-order valence-electron chi connectivity index (χ4n) is 1.72. The molecule has 0 fully saturated rings. The van der Waals surface area contributed by atoms with Crippen LogP contribution in [-0.2, 0) is 11.3 Å². The number of rotatable bonds is 4. The van der Waals surface area contributed by atoms with E-state index in [1.807, 2.05) is 54.6 Å². The lowest BCUT2D eigenvalue weighted by Crippen LogP contribution is -2.24. The van der Waals surface area contributed by atoms with E-state index in [1.54, 1.807) is 0 Å². The van der Waals surface area contributed by atoms with Crippen LogP contribution in [-0.4, -0.2) is 12.6 Å². The molecule has 2 aromatic carbocycles. The first kappa shape index (κ1) is 15.4. The Balaban J connectivity index is 1.74. The van der Waals surface area contributed by atoms with Crippen LogP contribution in [0.15, 0.2) is 54.6 Å². The summed E-state index contributed by atoms with van der Waals surface area (Å²) >= 11 is 0. The predicted molar refractivity (Wildman–Crippen MR) is 85.8 cm³/mol. The van der Waals surface area contributed by atoms with Crippen LogP contribution in [0.4, 0.5) is 10.5 Å². The van der Waals surface area contributed by atoms with E-state index < -0.39 is 6.09 Å². The number of amides is 1. The average molecular weight is 295 g/mol. The Hall–Kier alpha value is -2.97. The van der Waals surface area contributed by atoms with Gasteiger partial charge in [0.2, 0.25) is 0 Å². The summed E-state index contributed by atoms with van der Waals surface area (Å²) in [7, 11) is 0. The highest BCUT2D eigenvalue weighted by Crippen LogP contribution is 2.07. The maximum absolute atomic E-state index is 11.5. The van der Waals surface area contributed by atoms with Gasteiger partial charge in [-0.2, -0.15) is 0 Å². The minimum absolute atomic E-state index is 0.216. The SMILES string of the molecule is NNc1cccc(C#CCNC(=O)OCc2ccccc2)c1. The first-order chi connectivity index (χ1) is 10.8. The maximum Gasteiger partial charge on any atom is 0.408 e. The molecule has 5 heteroatoms. The number of hydrazine groups is 1. The van der Waals surface area contributed by atoms with Gasteiger partial charge in [0.25, 0.3) is 0 Å². The molecular weight excluding hydrogens is 278 g/mol. The number of nitrogens with two attached hydrogens (primary N) is 1. The summed E-state index contributed by atoms with van der Waals surface area (Å²) in [6.45, 7) is 0.457. The summed E-state index contributed by atoms with van der Waals surface area (Å²) < 4.78 is 5.07. The molecular formula is C17H17N3O2. The van der Waals surface area contributed by atoms with Gasteiger partial charge in [0.1, 0.15) is 6.61 Å². The van der Waals surface area contributed by atoms with Crippen molar-refractivity contribution >= 4 is 11.8 Å². The summed E-state index contributed by atoms with van der Waals surface area (Å²) in [6.07, 6.45) is -0.490. The molecule has 5 nitrogen and oxygen atoms in total. The number of ether oxygens (including phenoxy) is 1. The Morgan fingerprint density at radius 1 is 1.14 bits per heavy atom. The molecule has 0 heterocycles. The molecule has 0 saturated heterocycles. The molecule has 22 heavy (non-hydrogen) atoms. The molecule has 0 aliphatic rings. The van der Waals surface area contributed by atoms with Crippen LogP contribution in [0.1, 0.15) is 11.1 Å². The Labute approximate surface area is 129 Å². The molecule has 112 valence electrons. The number of anilines is 1. The molecule has 0 saturated carbocycles. The zero-order valence-electron chi connectivity index (χ0n) is 12.0. The van der Waals surface area contributed by atoms with Crippen LogP contribution in [0.5, 0.6) is 0 Å². The molecule has 0 aliphatic carbocycles. The predicted octanol–water partition coefficient (Wildman–Crippen LogP) is 2.25. The minimum atomic E-state index is -0.490. The molecule has 0 atom stereocenters. The lowest BCUT2D eigenvalue weighted by Gasteiger charge is -2.04. The van der Waals surface area contributed by atoms with E-state index in [4.69, 9.17) is 10.6 Å². The van der Waals surface area contributed by atoms with Crippen molar-refractivity contribution in [1.29, 1.82) is 0 Å². The lowest BCUT2D eigenvalue weighted by atomic mass is 10.2. The second kappa shape index (κ2) is 8.35. The van der Waals surface area contributed by atoms with Crippen molar-refractivity contribution in [2.75, 3.05) is 12.0 Å². The van der Waals surface area contributed by atoms with Crippen LogP contribution in [0.3, 0.4) is 0 Å². The number of carbonyl (C=O) groups excluding carboxylic acids is 1. The second-order valence-corrected chi connectivity index (χ2v) is 4.44. The molecule has 0 aromatic heterocycles. The van der Waals surface area contributed by atoms with Crippen molar-refractivity contribution in [1.82, 2.24) is 5.32 Å². The van der Waals surface area contributed by atoms with Crippen LogP contribution in [0.2, 0.25) is 0 Å². The number of nitrogen functional groups attached to an aromatic ring is 1. The van der Waals surface area contributed by atoms with Crippen LogP contribution in [0, 0.1) is 11.8 Å². The quantitative estimate of drug-likeness (QED) is 0.459.